The summed E-state index contributed by atoms with van der Waals surface area (Å²) >= 11 is 1.42. The lowest BCUT2D eigenvalue weighted by molar-refractivity contribution is 0.0975. The third-order valence-corrected chi connectivity index (χ3v) is 6.14. The number of aromatic nitrogens is 1. The average Bonchev–Trinajstić information content (AvgIpc) is 2.98. The molecule has 0 aliphatic carbocycles. The summed E-state index contributed by atoms with van der Waals surface area (Å²) in [7, 11) is 0. The van der Waals surface area contributed by atoms with Crippen molar-refractivity contribution in [2.75, 3.05) is 13.1 Å². The lowest BCUT2D eigenvalue weighted by atomic mass is 9.99. The van der Waals surface area contributed by atoms with Crippen molar-refractivity contribution < 1.29 is 9.59 Å². The second-order valence-corrected chi connectivity index (χ2v) is 7.05. The first-order valence-electron chi connectivity index (χ1n) is 8.46. The molecule has 1 aliphatic heterocycles. The van der Waals surface area contributed by atoms with E-state index in [-0.39, 0.29) is 23.4 Å². The van der Waals surface area contributed by atoms with E-state index in [1.165, 1.54) is 11.3 Å². The van der Waals surface area contributed by atoms with Gasteiger partial charge in [-0.05, 0) is 44.6 Å². The molecule has 2 aromatic rings. The highest BCUT2D eigenvalue weighted by Gasteiger charge is 2.35. The van der Waals surface area contributed by atoms with Crippen LogP contribution in [0.4, 0.5) is 0 Å². The molecule has 5 nitrogen and oxygen atoms in total. The standard InChI is InChI=1S/C19H21N3O2S/c1-5-22(6-2)12(4)17-11(3)14-18(25-17)16(23)15(21-19(14)24)13-9-7-8-10-20-13/h7-10,12H,5-6H2,1-4H3. The molecular weight excluding hydrogens is 334 g/mol. The number of ketones is 1. The third-order valence-electron chi connectivity index (χ3n) is 4.68. The minimum atomic E-state index is -0.345. The topological polar surface area (TPSA) is 62.6 Å². The number of carbonyl (C=O) groups excluding carboxylic acids is 2. The zero-order valence-corrected chi connectivity index (χ0v) is 15.7. The molecule has 6 heteroatoms. The number of hydrogen-bond acceptors (Lipinski definition) is 5. The highest BCUT2D eigenvalue weighted by Crippen LogP contribution is 2.37. The molecular formula is C19H21N3O2S. The molecule has 0 N–H and O–H groups in total. The van der Waals surface area contributed by atoms with Crippen molar-refractivity contribution in [2.24, 2.45) is 4.99 Å². The molecule has 1 unspecified atom stereocenters. The van der Waals surface area contributed by atoms with E-state index in [1.807, 2.05) is 6.92 Å². The molecule has 0 bridgehead atoms. The van der Waals surface area contributed by atoms with Crippen LogP contribution in [0.1, 0.15) is 63.0 Å². The number of hydrogen-bond donors (Lipinski definition) is 0. The molecule has 0 radical (unpaired) electrons. The highest BCUT2D eigenvalue weighted by molar-refractivity contribution is 7.16. The Morgan fingerprint density at radius 3 is 2.52 bits per heavy atom. The molecule has 2 aromatic heterocycles. The summed E-state index contributed by atoms with van der Waals surface area (Å²) in [5.74, 6) is -0.554. The second-order valence-electron chi connectivity index (χ2n) is 6.00. The number of amides is 1. The maximum atomic E-state index is 12.9. The Hall–Kier alpha value is -2.18. The van der Waals surface area contributed by atoms with E-state index in [1.54, 1.807) is 24.4 Å². The monoisotopic (exact) mass is 355 g/mol. The van der Waals surface area contributed by atoms with E-state index in [4.69, 9.17) is 0 Å². The van der Waals surface area contributed by atoms with Crippen LogP contribution < -0.4 is 0 Å². The number of Topliss-reactive ketones (excluding diaryl/α,β-unsaturated/α-hetero) is 1. The Morgan fingerprint density at radius 2 is 1.92 bits per heavy atom. The Bertz CT molecular complexity index is 851. The van der Waals surface area contributed by atoms with E-state index in [0.29, 0.717) is 16.1 Å². The summed E-state index contributed by atoms with van der Waals surface area (Å²) in [6, 6.07) is 5.41. The zero-order chi connectivity index (χ0) is 18.1. The van der Waals surface area contributed by atoms with Crippen molar-refractivity contribution >= 4 is 28.7 Å². The first kappa shape index (κ1) is 17.6. The van der Waals surface area contributed by atoms with Gasteiger partial charge in [-0.15, -0.1) is 11.3 Å². The van der Waals surface area contributed by atoms with E-state index in [0.717, 1.165) is 23.5 Å². The van der Waals surface area contributed by atoms with Gasteiger partial charge in [0.2, 0.25) is 5.78 Å². The van der Waals surface area contributed by atoms with Crippen LogP contribution in [-0.4, -0.2) is 40.4 Å². The minimum absolute atomic E-state index is 0.140. The van der Waals surface area contributed by atoms with Gasteiger partial charge in [-0.1, -0.05) is 19.9 Å². The van der Waals surface area contributed by atoms with E-state index in [2.05, 4.69) is 35.6 Å². The number of aliphatic imine (C=N–C) groups is 1. The third kappa shape index (κ3) is 2.96. The Labute approximate surface area is 151 Å². The number of nitrogens with zero attached hydrogens (tertiary/aromatic N) is 3. The Balaban J connectivity index is 2.06. The molecule has 0 saturated carbocycles. The number of fused-ring (bicyclic) bond motifs is 1. The fourth-order valence-corrected chi connectivity index (χ4v) is 4.60. The molecule has 0 fully saturated rings. The summed E-state index contributed by atoms with van der Waals surface area (Å²) in [6.45, 7) is 10.1. The normalized spacial score (nSPS) is 15.3. The van der Waals surface area contributed by atoms with E-state index in [9.17, 15) is 9.59 Å². The molecule has 130 valence electrons. The number of carbonyl (C=O) groups is 2. The van der Waals surface area contributed by atoms with Gasteiger partial charge in [0.05, 0.1) is 16.1 Å². The van der Waals surface area contributed by atoms with Crippen LogP contribution >= 0.6 is 11.3 Å². The molecule has 0 spiro atoms. The van der Waals surface area contributed by atoms with Gasteiger partial charge in [0.25, 0.3) is 5.91 Å². The summed E-state index contributed by atoms with van der Waals surface area (Å²) in [5.41, 5.74) is 1.92. The van der Waals surface area contributed by atoms with Crippen LogP contribution in [-0.2, 0) is 0 Å². The van der Waals surface area contributed by atoms with Gasteiger partial charge in [-0.25, -0.2) is 4.99 Å². The molecule has 1 amide bonds. The molecule has 3 rings (SSSR count). The van der Waals surface area contributed by atoms with Gasteiger partial charge >= 0.3 is 0 Å². The largest absolute Gasteiger partial charge is 0.296 e. The molecule has 1 aliphatic rings. The maximum absolute atomic E-state index is 12.9. The van der Waals surface area contributed by atoms with Crippen molar-refractivity contribution in [3.8, 4) is 0 Å². The predicted octanol–water partition coefficient (Wildman–Crippen LogP) is 3.68. The molecule has 0 saturated heterocycles. The SMILES string of the molecule is CCN(CC)C(C)c1sc2c(c1C)C(=O)N=C(c1ccccn1)C2=O. The average molecular weight is 355 g/mol. The quantitative estimate of drug-likeness (QED) is 0.821. The zero-order valence-electron chi connectivity index (χ0n) is 14.9. The van der Waals surface area contributed by atoms with Crippen molar-refractivity contribution in [1.82, 2.24) is 9.88 Å². The summed E-state index contributed by atoms with van der Waals surface area (Å²) in [5, 5.41) is 0. The first-order valence-corrected chi connectivity index (χ1v) is 9.27. The van der Waals surface area contributed by atoms with Gasteiger partial charge < -0.3 is 0 Å². The second kappa shape index (κ2) is 6.98. The Kier molecular flexibility index (Phi) is 4.92. The van der Waals surface area contributed by atoms with Crippen LogP contribution in [0.3, 0.4) is 0 Å². The van der Waals surface area contributed by atoms with Crippen LogP contribution in [0.15, 0.2) is 29.4 Å². The first-order chi connectivity index (χ1) is 12.0. The lowest BCUT2D eigenvalue weighted by Crippen LogP contribution is -2.26. The summed E-state index contributed by atoms with van der Waals surface area (Å²) in [6.07, 6.45) is 1.60. The molecule has 25 heavy (non-hydrogen) atoms. The minimum Gasteiger partial charge on any atom is -0.296 e. The lowest BCUT2D eigenvalue weighted by Gasteiger charge is -2.26. The molecule has 1 atom stereocenters. The van der Waals surface area contributed by atoms with Crippen molar-refractivity contribution in [3.63, 3.8) is 0 Å². The van der Waals surface area contributed by atoms with Gasteiger partial charge in [-0.3, -0.25) is 19.5 Å². The smallest absolute Gasteiger partial charge is 0.279 e. The van der Waals surface area contributed by atoms with Gasteiger partial charge in [0.15, 0.2) is 0 Å². The predicted molar refractivity (Wildman–Crippen MR) is 99.8 cm³/mol. The molecule has 0 aromatic carbocycles. The number of thiophene rings is 1. The Morgan fingerprint density at radius 1 is 1.20 bits per heavy atom. The summed E-state index contributed by atoms with van der Waals surface area (Å²) < 4.78 is 0. The van der Waals surface area contributed by atoms with Gasteiger partial charge in [-0.2, -0.15) is 0 Å². The molecule has 3 heterocycles. The highest BCUT2D eigenvalue weighted by atomic mass is 32.1. The van der Waals surface area contributed by atoms with Crippen LogP contribution in [0.2, 0.25) is 0 Å². The number of rotatable bonds is 5. The van der Waals surface area contributed by atoms with E-state index >= 15 is 0 Å². The van der Waals surface area contributed by atoms with Crippen molar-refractivity contribution in [2.45, 2.75) is 33.7 Å². The van der Waals surface area contributed by atoms with Crippen molar-refractivity contribution in [3.05, 3.63) is 51.0 Å². The fourth-order valence-electron chi connectivity index (χ4n) is 3.28. The van der Waals surface area contributed by atoms with Crippen molar-refractivity contribution in [1.29, 1.82) is 0 Å². The van der Waals surface area contributed by atoms with Crippen LogP contribution in [0.5, 0.6) is 0 Å². The number of pyridine rings is 1. The summed E-state index contributed by atoms with van der Waals surface area (Å²) in [4.78, 5) is 37.6. The van der Waals surface area contributed by atoms with Gasteiger partial charge in [0, 0.05) is 17.1 Å². The van der Waals surface area contributed by atoms with E-state index < -0.39 is 0 Å². The fraction of sp³-hybridized carbons (Fsp3) is 0.368. The maximum Gasteiger partial charge on any atom is 0.279 e. The van der Waals surface area contributed by atoms with Gasteiger partial charge in [0.1, 0.15) is 5.71 Å². The van der Waals surface area contributed by atoms with Crippen LogP contribution in [0, 0.1) is 6.92 Å². The van der Waals surface area contributed by atoms with Crippen LogP contribution in [0.25, 0.3) is 0 Å².